The van der Waals surface area contributed by atoms with Gasteiger partial charge in [-0.25, -0.2) is 4.39 Å². The van der Waals surface area contributed by atoms with E-state index in [2.05, 4.69) is 5.32 Å². The Bertz CT molecular complexity index is 470. The van der Waals surface area contributed by atoms with Crippen LogP contribution in [0, 0.1) is 11.7 Å². The number of nitrogens with one attached hydrogen (secondary N) is 1. The molecule has 0 radical (unpaired) electrons. The summed E-state index contributed by atoms with van der Waals surface area (Å²) in [6.07, 6.45) is 3.32. The summed E-state index contributed by atoms with van der Waals surface area (Å²) in [6.45, 7) is 4.56. The number of benzene rings is 1. The molecule has 0 spiro atoms. The molecule has 0 aromatic heterocycles. The maximum atomic E-state index is 13.3. The Labute approximate surface area is 126 Å². The van der Waals surface area contributed by atoms with Crippen molar-refractivity contribution in [3.63, 3.8) is 0 Å². The van der Waals surface area contributed by atoms with Crippen LogP contribution in [0.5, 0.6) is 0 Å². The van der Waals surface area contributed by atoms with Crippen LogP contribution in [0.2, 0.25) is 0 Å². The first-order valence-corrected chi connectivity index (χ1v) is 7.80. The normalized spacial score (nSPS) is 17.8. The molecular weight excluding hydrogens is 267 g/mol. The molecule has 4 heteroatoms. The number of piperidine rings is 1. The fourth-order valence-corrected chi connectivity index (χ4v) is 2.98. The molecule has 1 aliphatic heterocycles. The molecule has 1 unspecified atom stereocenters. The Kier molecular flexibility index (Phi) is 5.74. The minimum absolute atomic E-state index is 0.118. The van der Waals surface area contributed by atoms with Crippen LogP contribution in [-0.2, 0) is 4.79 Å². The second-order valence-electron chi connectivity index (χ2n) is 5.94. The maximum Gasteiger partial charge on any atom is 0.229 e. The van der Waals surface area contributed by atoms with Crippen molar-refractivity contribution in [2.24, 2.45) is 5.92 Å². The summed E-state index contributed by atoms with van der Waals surface area (Å²) in [7, 11) is 1.97. The summed E-state index contributed by atoms with van der Waals surface area (Å²) in [6, 6.07) is 6.36. The van der Waals surface area contributed by atoms with Crippen molar-refractivity contribution < 1.29 is 9.18 Å². The molecule has 1 N–H and O–H groups in total. The fraction of sp³-hybridized carbons (Fsp3) is 0.588. The minimum Gasteiger partial charge on any atom is -0.342 e. The molecule has 1 aromatic rings. The number of carbonyl (C=O) groups excluding carboxylic acids is 1. The topological polar surface area (TPSA) is 32.3 Å². The van der Waals surface area contributed by atoms with E-state index in [1.165, 1.54) is 18.6 Å². The molecule has 3 nitrogen and oxygen atoms in total. The highest BCUT2D eigenvalue weighted by molar-refractivity contribution is 5.83. The Morgan fingerprint density at radius 1 is 1.43 bits per heavy atom. The molecule has 1 fully saturated rings. The molecular formula is C17H25FN2O. The quantitative estimate of drug-likeness (QED) is 0.905. The monoisotopic (exact) mass is 292 g/mol. The van der Waals surface area contributed by atoms with Gasteiger partial charge in [-0.05, 0) is 63.4 Å². The van der Waals surface area contributed by atoms with E-state index in [1.807, 2.05) is 24.9 Å². The third-order valence-corrected chi connectivity index (χ3v) is 4.45. The van der Waals surface area contributed by atoms with Crippen LogP contribution >= 0.6 is 0 Å². The molecule has 0 bridgehead atoms. The fourth-order valence-electron chi connectivity index (χ4n) is 2.98. The van der Waals surface area contributed by atoms with E-state index in [0.717, 1.165) is 38.0 Å². The molecule has 0 aliphatic carbocycles. The highest BCUT2D eigenvalue weighted by Gasteiger charge is 2.26. The van der Waals surface area contributed by atoms with Crippen molar-refractivity contribution in [3.8, 4) is 0 Å². The van der Waals surface area contributed by atoms with Crippen molar-refractivity contribution in [1.82, 2.24) is 10.2 Å². The van der Waals surface area contributed by atoms with Crippen molar-refractivity contribution >= 4 is 5.91 Å². The van der Waals surface area contributed by atoms with E-state index < -0.39 is 0 Å². The standard InChI is InChI=1S/C17H25FN2O/c1-13(15-4-3-5-16(18)12-15)17(21)20-10-7-14(8-11-20)6-9-19-2/h3-5,12-14,19H,6-11H2,1-2H3. The summed E-state index contributed by atoms with van der Waals surface area (Å²) < 4.78 is 13.3. The molecule has 0 saturated carbocycles. The predicted molar refractivity (Wildman–Crippen MR) is 82.7 cm³/mol. The van der Waals surface area contributed by atoms with E-state index in [1.54, 1.807) is 6.07 Å². The number of rotatable bonds is 5. The van der Waals surface area contributed by atoms with Crippen LogP contribution in [-0.4, -0.2) is 37.5 Å². The Morgan fingerprint density at radius 2 is 2.14 bits per heavy atom. The summed E-state index contributed by atoms with van der Waals surface area (Å²) in [4.78, 5) is 14.5. The highest BCUT2D eigenvalue weighted by atomic mass is 19.1. The number of hydrogen-bond donors (Lipinski definition) is 1. The lowest BCUT2D eigenvalue weighted by molar-refractivity contribution is -0.133. The lowest BCUT2D eigenvalue weighted by atomic mass is 9.92. The van der Waals surface area contributed by atoms with Gasteiger partial charge in [-0.15, -0.1) is 0 Å². The van der Waals surface area contributed by atoms with E-state index in [-0.39, 0.29) is 17.6 Å². The zero-order valence-electron chi connectivity index (χ0n) is 12.9. The second-order valence-corrected chi connectivity index (χ2v) is 5.94. The number of amides is 1. The lowest BCUT2D eigenvalue weighted by Crippen LogP contribution is -2.41. The van der Waals surface area contributed by atoms with Gasteiger partial charge < -0.3 is 10.2 Å². The second kappa shape index (κ2) is 7.55. The van der Waals surface area contributed by atoms with Gasteiger partial charge in [-0.1, -0.05) is 12.1 Å². The Hall–Kier alpha value is -1.42. The first-order valence-electron chi connectivity index (χ1n) is 7.80. The third-order valence-electron chi connectivity index (χ3n) is 4.45. The smallest absolute Gasteiger partial charge is 0.229 e. The summed E-state index contributed by atoms with van der Waals surface area (Å²) in [5.74, 6) is 0.283. The SMILES string of the molecule is CNCCC1CCN(C(=O)C(C)c2cccc(F)c2)CC1. The Morgan fingerprint density at radius 3 is 2.76 bits per heavy atom. The van der Waals surface area contributed by atoms with Crippen molar-refractivity contribution in [2.75, 3.05) is 26.7 Å². The van der Waals surface area contributed by atoms with Gasteiger partial charge in [0.25, 0.3) is 0 Å². The van der Waals surface area contributed by atoms with Crippen LogP contribution in [0.1, 0.15) is 37.7 Å². The maximum absolute atomic E-state index is 13.3. The van der Waals surface area contributed by atoms with Crippen molar-refractivity contribution in [3.05, 3.63) is 35.6 Å². The van der Waals surface area contributed by atoms with Crippen LogP contribution in [0.15, 0.2) is 24.3 Å². The molecule has 116 valence electrons. The lowest BCUT2D eigenvalue weighted by Gasteiger charge is -2.33. The molecule has 2 rings (SSSR count). The van der Waals surface area contributed by atoms with Gasteiger partial charge in [0, 0.05) is 13.1 Å². The van der Waals surface area contributed by atoms with E-state index >= 15 is 0 Å². The molecule has 1 amide bonds. The van der Waals surface area contributed by atoms with Gasteiger partial charge in [-0.2, -0.15) is 0 Å². The first-order chi connectivity index (χ1) is 10.1. The summed E-state index contributed by atoms with van der Waals surface area (Å²) >= 11 is 0. The summed E-state index contributed by atoms with van der Waals surface area (Å²) in [5.41, 5.74) is 0.761. The van der Waals surface area contributed by atoms with Gasteiger partial charge in [0.05, 0.1) is 5.92 Å². The zero-order chi connectivity index (χ0) is 15.2. The van der Waals surface area contributed by atoms with Crippen molar-refractivity contribution in [2.45, 2.75) is 32.1 Å². The number of carbonyl (C=O) groups is 1. The number of halogens is 1. The predicted octanol–water partition coefficient (Wildman–Crippen LogP) is 2.78. The highest BCUT2D eigenvalue weighted by Crippen LogP contribution is 2.24. The van der Waals surface area contributed by atoms with Gasteiger partial charge >= 0.3 is 0 Å². The average molecular weight is 292 g/mol. The van der Waals surface area contributed by atoms with Crippen LogP contribution < -0.4 is 5.32 Å². The number of likely N-dealkylation sites (tertiary alicyclic amines) is 1. The number of nitrogens with zero attached hydrogens (tertiary/aromatic N) is 1. The van der Waals surface area contributed by atoms with Gasteiger partial charge in [0.15, 0.2) is 0 Å². The molecule has 1 aliphatic rings. The van der Waals surface area contributed by atoms with Gasteiger partial charge in [0.1, 0.15) is 5.82 Å². The van der Waals surface area contributed by atoms with Crippen LogP contribution in [0.25, 0.3) is 0 Å². The minimum atomic E-state index is -0.280. The van der Waals surface area contributed by atoms with Gasteiger partial charge in [-0.3, -0.25) is 4.79 Å². The van der Waals surface area contributed by atoms with Crippen LogP contribution in [0.4, 0.5) is 4.39 Å². The first kappa shape index (κ1) is 16.0. The third kappa shape index (κ3) is 4.27. The molecule has 1 saturated heterocycles. The Balaban J connectivity index is 1.89. The molecule has 1 aromatic carbocycles. The zero-order valence-corrected chi connectivity index (χ0v) is 12.9. The molecule has 21 heavy (non-hydrogen) atoms. The average Bonchev–Trinajstić information content (AvgIpc) is 2.52. The molecule has 1 heterocycles. The summed E-state index contributed by atoms with van der Waals surface area (Å²) in [5, 5.41) is 3.18. The van der Waals surface area contributed by atoms with Crippen molar-refractivity contribution in [1.29, 1.82) is 0 Å². The van der Waals surface area contributed by atoms with Gasteiger partial charge in [0.2, 0.25) is 5.91 Å². The van der Waals surface area contributed by atoms with Crippen LogP contribution in [0.3, 0.4) is 0 Å². The van der Waals surface area contributed by atoms with E-state index in [4.69, 9.17) is 0 Å². The van der Waals surface area contributed by atoms with E-state index in [0.29, 0.717) is 5.92 Å². The largest absolute Gasteiger partial charge is 0.342 e. The van der Waals surface area contributed by atoms with E-state index in [9.17, 15) is 9.18 Å². The number of hydrogen-bond acceptors (Lipinski definition) is 2. The molecule has 1 atom stereocenters.